The molecule has 0 bridgehead atoms. The van der Waals surface area contributed by atoms with Crippen molar-refractivity contribution in [1.82, 2.24) is 0 Å². The summed E-state index contributed by atoms with van der Waals surface area (Å²) < 4.78 is 25.7. The Bertz CT molecular complexity index is 804. The van der Waals surface area contributed by atoms with E-state index < -0.39 is 10.0 Å². The molecule has 0 fully saturated rings. The maximum atomic E-state index is 12.2. The van der Waals surface area contributed by atoms with Crippen LogP contribution in [0, 0.1) is 13.8 Å². The minimum atomic E-state index is -3.43. The monoisotopic (exact) mass is 331 g/mol. The third kappa shape index (κ3) is 4.42. The molecule has 0 aliphatic rings. The lowest BCUT2D eigenvalue weighted by atomic mass is 10.1. The quantitative estimate of drug-likeness (QED) is 0.788. The zero-order valence-electron chi connectivity index (χ0n) is 13.8. The Morgan fingerprint density at radius 3 is 1.96 bits per heavy atom. The number of Topliss-reactive ketones (excluding diaryl/α,β-unsaturated/α-hetero) is 1. The first-order valence-electron chi connectivity index (χ1n) is 7.33. The number of hydrogen-bond acceptors (Lipinski definition) is 3. The van der Waals surface area contributed by atoms with Gasteiger partial charge >= 0.3 is 0 Å². The Labute approximate surface area is 137 Å². The molecule has 2 rings (SSSR count). The van der Waals surface area contributed by atoms with Crippen LogP contribution in [-0.2, 0) is 16.6 Å². The van der Waals surface area contributed by atoms with Gasteiger partial charge in [0.25, 0.3) is 0 Å². The fourth-order valence-electron chi connectivity index (χ4n) is 2.59. The van der Waals surface area contributed by atoms with Crippen LogP contribution < -0.4 is 4.31 Å². The van der Waals surface area contributed by atoms with Crippen molar-refractivity contribution in [3.05, 3.63) is 64.7 Å². The van der Waals surface area contributed by atoms with Gasteiger partial charge < -0.3 is 0 Å². The predicted molar refractivity (Wildman–Crippen MR) is 93.4 cm³/mol. The molecule has 0 N–H and O–H groups in total. The molecule has 0 heterocycles. The summed E-state index contributed by atoms with van der Waals surface area (Å²) in [6.45, 7) is 5.73. The second-order valence-corrected chi connectivity index (χ2v) is 7.78. The Kier molecular flexibility index (Phi) is 4.90. The highest BCUT2D eigenvalue weighted by atomic mass is 32.2. The number of ketones is 1. The molecule has 4 nitrogen and oxygen atoms in total. The van der Waals surface area contributed by atoms with Crippen LogP contribution in [0.2, 0.25) is 0 Å². The molecule has 0 aliphatic carbocycles. The van der Waals surface area contributed by atoms with Crippen molar-refractivity contribution in [2.75, 3.05) is 10.6 Å². The first kappa shape index (κ1) is 17.2. The first-order chi connectivity index (χ1) is 10.7. The molecule has 0 saturated carbocycles. The fraction of sp³-hybridized carbons (Fsp3) is 0.278. The van der Waals surface area contributed by atoms with Gasteiger partial charge in [-0.1, -0.05) is 29.3 Å². The number of carbonyl (C=O) groups excluding carboxylic acids is 1. The molecule has 0 atom stereocenters. The maximum absolute atomic E-state index is 12.2. The van der Waals surface area contributed by atoms with Crippen molar-refractivity contribution in [1.29, 1.82) is 0 Å². The van der Waals surface area contributed by atoms with Crippen LogP contribution in [0.4, 0.5) is 5.69 Å². The van der Waals surface area contributed by atoms with Crippen LogP contribution in [0.3, 0.4) is 0 Å². The molecule has 2 aromatic carbocycles. The number of carbonyl (C=O) groups is 1. The number of sulfonamides is 1. The van der Waals surface area contributed by atoms with E-state index in [0.717, 1.165) is 16.7 Å². The molecule has 23 heavy (non-hydrogen) atoms. The minimum Gasteiger partial charge on any atom is -0.295 e. The maximum Gasteiger partial charge on any atom is 0.232 e. The second-order valence-electron chi connectivity index (χ2n) is 5.87. The minimum absolute atomic E-state index is 0.0447. The van der Waals surface area contributed by atoms with E-state index in [1.807, 2.05) is 26.0 Å². The van der Waals surface area contributed by atoms with Crippen LogP contribution in [0.1, 0.15) is 34.0 Å². The van der Waals surface area contributed by atoms with Crippen LogP contribution in [-0.4, -0.2) is 20.5 Å². The van der Waals surface area contributed by atoms with Crippen LogP contribution >= 0.6 is 0 Å². The van der Waals surface area contributed by atoms with Gasteiger partial charge in [0.05, 0.1) is 18.5 Å². The number of benzene rings is 2. The molecule has 0 radical (unpaired) electrons. The van der Waals surface area contributed by atoms with Crippen molar-refractivity contribution in [2.24, 2.45) is 0 Å². The van der Waals surface area contributed by atoms with Crippen LogP contribution in [0.5, 0.6) is 0 Å². The standard InChI is InChI=1S/C18H21NO3S/c1-13-9-14(2)11-16(10-13)12-19(23(4,21)22)18-7-5-17(6-8-18)15(3)20/h5-11H,12H2,1-4H3. The lowest BCUT2D eigenvalue weighted by Crippen LogP contribution is -2.29. The first-order valence-corrected chi connectivity index (χ1v) is 9.17. The molecule has 0 saturated heterocycles. The van der Waals surface area contributed by atoms with Crippen molar-refractivity contribution in [3.8, 4) is 0 Å². The van der Waals surface area contributed by atoms with Gasteiger partial charge in [0.1, 0.15) is 0 Å². The Morgan fingerprint density at radius 2 is 1.52 bits per heavy atom. The van der Waals surface area contributed by atoms with Gasteiger partial charge in [0.15, 0.2) is 5.78 Å². The zero-order valence-corrected chi connectivity index (χ0v) is 14.6. The number of aryl methyl sites for hydroxylation is 2. The van der Waals surface area contributed by atoms with Crippen LogP contribution in [0.25, 0.3) is 0 Å². The van der Waals surface area contributed by atoms with Gasteiger partial charge in [-0.3, -0.25) is 9.10 Å². The third-order valence-corrected chi connectivity index (χ3v) is 4.71. The van der Waals surface area contributed by atoms with Gasteiger partial charge in [-0.15, -0.1) is 0 Å². The van der Waals surface area contributed by atoms with Gasteiger partial charge in [-0.05, 0) is 50.6 Å². The van der Waals surface area contributed by atoms with E-state index in [1.54, 1.807) is 24.3 Å². The van der Waals surface area contributed by atoms with Gasteiger partial charge in [0, 0.05) is 5.56 Å². The van der Waals surface area contributed by atoms with Crippen molar-refractivity contribution in [2.45, 2.75) is 27.3 Å². The molecule has 0 aromatic heterocycles. The normalized spacial score (nSPS) is 11.3. The van der Waals surface area contributed by atoms with E-state index in [1.165, 1.54) is 17.5 Å². The molecular weight excluding hydrogens is 310 g/mol. The highest BCUT2D eigenvalue weighted by Gasteiger charge is 2.18. The molecule has 0 unspecified atom stereocenters. The van der Waals surface area contributed by atoms with Crippen molar-refractivity contribution < 1.29 is 13.2 Å². The number of hydrogen-bond donors (Lipinski definition) is 0. The lowest BCUT2D eigenvalue weighted by molar-refractivity contribution is 0.101. The van der Waals surface area contributed by atoms with E-state index in [0.29, 0.717) is 11.3 Å². The summed E-state index contributed by atoms with van der Waals surface area (Å²) in [6.07, 6.45) is 1.19. The highest BCUT2D eigenvalue weighted by molar-refractivity contribution is 7.92. The van der Waals surface area contributed by atoms with Crippen molar-refractivity contribution in [3.63, 3.8) is 0 Å². The second kappa shape index (κ2) is 6.54. The molecule has 5 heteroatoms. The number of nitrogens with zero attached hydrogens (tertiary/aromatic N) is 1. The molecule has 122 valence electrons. The summed E-state index contributed by atoms with van der Waals surface area (Å²) in [4.78, 5) is 11.4. The van der Waals surface area contributed by atoms with E-state index in [9.17, 15) is 13.2 Å². The summed E-state index contributed by atoms with van der Waals surface area (Å²) in [5.41, 5.74) is 4.24. The zero-order chi connectivity index (χ0) is 17.2. The Morgan fingerprint density at radius 1 is 1.00 bits per heavy atom. The summed E-state index contributed by atoms with van der Waals surface area (Å²) in [5, 5.41) is 0. The SMILES string of the molecule is CC(=O)c1ccc(N(Cc2cc(C)cc(C)c2)S(C)(=O)=O)cc1. The van der Waals surface area contributed by atoms with E-state index in [4.69, 9.17) is 0 Å². The van der Waals surface area contributed by atoms with Gasteiger partial charge in [0.2, 0.25) is 10.0 Å². The fourth-order valence-corrected chi connectivity index (χ4v) is 3.48. The molecule has 2 aromatic rings. The molecule has 0 amide bonds. The van der Waals surface area contributed by atoms with E-state index in [2.05, 4.69) is 6.07 Å². The summed E-state index contributed by atoms with van der Waals surface area (Å²) >= 11 is 0. The average molecular weight is 331 g/mol. The van der Waals surface area contributed by atoms with E-state index >= 15 is 0 Å². The summed E-state index contributed by atoms with van der Waals surface area (Å²) in [7, 11) is -3.43. The third-order valence-electron chi connectivity index (χ3n) is 3.57. The van der Waals surface area contributed by atoms with Gasteiger partial charge in [-0.25, -0.2) is 8.42 Å². The van der Waals surface area contributed by atoms with Crippen LogP contribution in [0.15, 0.2) is 42.5 Å². The smallest absolute Gasteiger partial charge is 0.232 e. The molecule has 0 spiro atoms. The van der Waals surface area contributed by atoms with Gasteiger partial charge in [-0.2, -0.15) is 0 Å². The Hall–Kier alpha value is -2.14. The number of anilines is 1. The topological polar surface area (TPSA) is 54.5 Å². The number of rotatable bonds is 5. The summed E-state index contributed by atoms with van der Waals surface area (Å²) in [5.74, 6) is -0.0447. The summed E-state index contributed by atoms with van der Waals surface area (Å²) in [6, 6.07) is 12.6. The van der Waals surface area contributed by atoms with E-state index in [-0.39, 0.29) is 12.3 Å². The highest BCUT2D eigenvalue weighted by Crippen LogP contribution is 2.22. The van der Waals surface area contributed by atoms with Crippen molar-refractivity contribution >= 4 is 21.5 Å². The molecular formula is C18H21NO3S. The largest absolute Gasteiger partial charge is 0.295 e. The Balaban J connectivity index is 2.40. The average Bonchev–Trinajstić information content (AvgIpc) is 2.42. The predicted octanol–water partition coefficient (Wildman–Crippen LogP) is 3.47. The lowest BCUT2D eigenvalue weighted by Gasteiger charge is -2.23. The molecule has 0 aliphatic heterocycles.